The standard InChI is InChI=1S/C36H28ClIN2O5S/c1-3-44-35(42)30-31(23-12-6-4-7-13-23)39-36-40(32(30)24-14-8-5-9-15-24)34(41)29(46-36)20-22-18-27(38)33(28(19-22)43-2)45-21-25-16-10-11-17-26(25)37/h4-20,32H,3,21H2,1-2H3/b29-20-/t32-/m1/s1. The lowest BCUT2D eigenvalue weighted by atomic mass is 9.93. The fourth-order valence-corrected chi connectivity index (χ4v) is 7.24. The summed E-state index contributed by atoms with van der Waals surface area (Å²) in [6.07, 6.45) is 1.81. The summed E-state index contributed by atoms with van der Waals surface area (Å²) in [7, 11) is 1.58. The molecule has 1 atom stereocenters. The minimum atomic E-state index is -0.732. The molecule has 4 aromatic carbocycles. The summed E-state index contributed by atoms with van der Waals surface area (Å²) >= 11 is 9.79. The van der Waals surface area contributed by atoms with Crippen molar-refractivity contribution >= 4 is 63.3 Å². The molecule has 0 unspecified atom stereocenters. The lowest BCUT2D eigenvalue weighted by Crippen LogP contribution is -2.40. The number of halogens is 2. The molecular weight excluding hydrogens is 735 g/mol. The number of hydrogen-bond acceptors (Lipinski definition) is 7. The number of thiazole rings is 1. The minimum Gasteiger partial charge on any atom is -0.493 e. The molecule has 7 nitrogen and oxygen atoms in total. The zero-order valence-corrected chi connectivity index (χ0v) is 28.6. The Morgan fingerprint density at radius 2 is 1.72 bits per heavy atom. The van der Waals surface area contributed by atoms with Gasteiger partial charge in [0, 0.05) is 16.1 Å². The number of nitrogens with zero attached hydrogens (tertiary/aromatic N) is 2. The van der Waals surface area contributed by atoms with Gasteiger partial charge in [-0.25, -0.2) is 9.79 Å². The van der Waals surface area contributed by atoms with Crippen LogP contribution in [0.3, 0.4) is 0 Å². The number of aromatic nitrogens is 1. The van der Waals surface area contributed by atoms with Crippen LogP contribution in [0.25, 0.3) is 11.8 Å². The summed E-state index contributed by atoms with van der Waals surface area (Å²) < 4.78 is 20.2. The van der Waals surface area contributed by atoms with Crippen LogP contribution in [-0.2, 0) is 16.1 Å². The predicted molar refractivity (Wildman–Crippen MR) is 189 cm³/mol. The molecule has 5 aromatic rings. The molecule has 0 aliphatic carbocycles. The van der Waals surface area contributed by atoms with Gasteiger partial charge in [-0.3, -0.25) is 9.36 Å². The number of hydrogen-bond donors (Lipinski definition) is 0. The second-order valence-electron chi connectivity index (χ2n) is 10.3. The average Bonchev–Trinajstić information content (AvgIpc) is 3.38. The van der Waals surface area contributed by atoms with Crippen LogP contribution in [-0.4, -0.2) is 24.3 Å². The highest BCUT2D eigenvalue weighted by Crippen LogP contribution is 2.36. The Balaban J connectivity index is 1.49. The monoisotopic (exact) mass is 762 g/mol. The third-order valence-corrected chi connectivity index (χ3v) is 9.52. The highest BCUT2D eigenvalue weighted by Gasteiger charge is 2.35. The van der Waals surface area contributed by atoms with E-state index in [1.165, 1.54) is 11.3 Å². The molecule has 0 amide bonds. The van der Waals surface area contributed by atoms with E-state index in [0.717, 1.165) is 25.8 Å². The number of carbonyl (C=O) groups excluding carboxylic acids is 1. The zero-order chi connectivity index (χ0) is 32.2. The molecule has 1 aliphatic rings. The zero-order valence-electron chi connectivity index (χ0n) is 24.9. The number of ether oxygens (including phenoxy) is 3. The molecule has 2 heterocycles. The summed E-state index contributed by atoms with van der Waals surface area (Å²) in [5.41, 5.74) is 3.68. The normalized spacial score (nSPS) is 14.4. The second-order valence-corrected chi connectivity index (χ2v) is 12.8. The van der Waals surface area contributed by atoms with Crippen molar-refractivity contribution in [2.45, 2.75) is 19.6 Å². The van der Waals surface area contributed by atoms with Crippen LogP contribution in [0.4, 0.5) is 0 Å². The number of methoxy groups -OCH3 is 1. The largest absolute Gasteiger partial charge is 0.493 e. The first-order chi connectivity index (χ1) is 22.4. The van der Waals surface area contributed by atoms with Gasteiger partial charge >= 0.3 is 5.97 Å². The lowest BCUT2D eigenvalue weighted by Gasteiger charge is -2.25. The molecule has 0 saturated heterocycles. The maximum Gasteiger partial charge on any atom is 0.338 e. The third-order valence-electron chi connectivity index (χ3n) is 7.37. The number of rotatable bonds is 9. The highest BCUT2D eigenvalue weighted by molar-refractivity contribution is 14.1. The van der Waals surface area contributed by atoms with Gasteiger partial charge in [0.2, 0.25) is 0 Å². The molecule has 46 heavy (non-hydrogen) atoms. The second kappa shape index (κ2) is 14.1. The van der Waals surface area contributed by atoms with Crippen molar-refractivity contribution in [3.05, 3.63) is 153 Å². The summed E-state index contributed by atoms with van der Waals surface area (Å²) in [5, 5.41) is 0.624. The van der Waals surface area contributed by atoms with Crippen LogP contribution < -0.4 is 24.4 Å². The molecule has 0 fully saturated rings. The first kappa shape index (κ1) is 31.8. The Morgan fingerprint density at radius 1 is 1.02 bits per heavy atom. The smallest absolute Gasteiger partial charge is 0.338 e. The SMILES string of the molecule is CCOC(=O)C1=C(c2ccccc2)N=c2s/c(=C\c3cc(I)c(OCc4ccccc4Cl)c(OC)c3)c(=O)n2[C@@H]1c1ccccc1. The van der Waals surface area contributed by atoms with E-state index in [2.05, 4.69) is 22.6 Å². The van der Waals surface area contributed by atoms with Crippen molar-refractivity contribution in [3.63, 3.8) is 0 Å². The molecule has 1 aliphatic heterocycles. The Labute approximate surface area is 288 Å². The van der Waals surface area contributed by atoms with Gasteiger partial charge < -0.3 is 14.2 Å². The first-order valence-electron chi connectivity index (χ1n) is 14.5. The van der Waals surface area contributed by atoms with Gasteiger partial charge in [0.05, 0.1) is 39.1 Å². The Hall–Kier alpha value is -4.19. The van der Waals surface area contributed by atoms with E-state index in [4.69, 9.17) is 30.8 Å². The molecule has 0 radical (unpaired) electrons. The lowest BCUT2D eigenvalue weighted by molar-refractivity contribution is -0.138. The summed E-state index contributed by atoms with van der Waals surface area (Å²) in [4.78, 5) is 33.2. The van der Waals surface area contributed by atoms with Gasteiger partial charge in [0.1, 0.15) is 6.61 Å². The number of esters is 1. The van der Waals surface area contributed by atoms with E-state index in [-0.39, 0.29) is 18.8 Å². The summed E-state index contributed by atoms with van der Waals surface area (Å²) in [5.74, 6) is 0.591. The van der Waals surface area contributed by atoms with Crippen LogP contribution in [0.2, 0.25) is 5.02 Å². The van der Waals surface area contributed by atoms with E-state index in [1.807, 2.05) is 103 Å². The van der Waals surface area contributed by atoms with E-state index in [0.29, 0.717) is 37.1 Å². The number of fused-ring (bicyclic) bond motifs is 1. The molecule has 1 aromatic heterocycles. The maximum absolute atomic E-state index is 14.2. The molecule has 0 spiro atoms. The van der Waals surface area contributed by atoms with Crippen LogP contribution in [0, 0.1) is 3.57 Å². The minimum absolute atomic E-state index is 0.189. The van der Waals surface area contributed by atoms with Crippen LogP contribution in [0.5, 0.6) is 11.5 Å². The fraction of sp³-hybridized carbons (Fsp3) is 0.139. The van der Waals surface area contributed by atoms with E-state index in [1.54, 1.807) is 18.6 Å². The van der Waals surface area contributed by atoms with Crippen LogP contribution >= 0.6 is 45.5 Å². The molecule has 0 saturated carbocycles. The van der Waals surface area contributed by atoms with Gasteiger partial charge in [-0.15, -0.1) is 0 Å². The van der Waals surface area contributed by atoms with Gasteiger partial charge in [0.25, 0.3) is 5.56 Å². The third kappa shape index (κ3) is 6.40. The van der Waals surface area contributed by atoms with Crippen molar-refractivity contribution < 1.29 is 19.0 Å². The topological polar surface area (TPSA) is 79.1 Å². The molecule has 232 valence electrons. The van der Waals surface area contributed by atoms with Crippen molar-refractivity contribution in [1.82, 2.24) is 4.57 Å². The van der Waals surface area contributed by atoms with Crippen LogP contribution in [0.15, 0.2) is 112 Å². The van der Waals surface area contributed by atoms with Gasteiger partial charge in [-0.2, -0.15) is 0 Å². The van der Waals surface area contributed by atoms with E-state index < -0.39 is 12.0 Å². The van der Waals surface area contributed by atoms with E-state index in [9.17, 15) is 9.59 Å². The van der Waals surface area contributed by atoms with E-state index >= 15 is 0 Å². The molecule has 6 rings (SSSR count). The molecular formula is C36H28ClIN2O5S. The van der Waals surface area contributed by atoms with Gasteiger partial charge in [0.15, 0.2) is 16.3 Å². The first-order valence-corrected chi connectivity index (χ1v) is 16.7. The quantitative estimate of drug-likeness (QED) is 0.122. The van der Waals surface area contributed by atoms with Crippen molar-refractivity contribution in [2.75, 3.05) is 13.7 Å². The van der Waals surface area contributed by atoms with Crippen molar-refractivity contribution in [1.29, 1.82) is 0 Å². The van der Waals surface area contributed by atoms with Crippen molar-refractivity contribution in [3.8, 4) is 11.5 Å². The Bertz CT molecular complexity index is 2130. The van der Waals surface area contributed by atoms with Crippen LogP contribution in [0.1, 0.15) is 35.2 Å². The molecule has 0 N–H and O–H groups in total. The number of carbonyl (C=O) groups is 1. The average molecular weight is 763 g/mol. The van der Waals surface area contributed by atoms with Gasteiger partial charge in [-0.1, -0.05) is 102 Å². The Kier molecular flexibility index (Phi) is 9.72. The number of benzene rings is 4. The Morgan fingerprint density at radius 3 is 2.41 bits per heavy atom. The predicted octanol–water partition coefficient (Wildman–Crippen LogP) is 6.78. The molecule has 0 bridgehead atoms. The fourth-order valence-electron chi connectivity index (χ4n) is 5.27. The van der Waals surface area contributed by atoms with Gasteiger partial charge in [-0.05, 0) is 64.9 Å². The highest BCUT2D eigenvalue weighted by atomic mass is 127. The summed E-state index contributed by atoms with van der Waals surface area (Å²) in [6.45, 7) is 2.22. The van der Waals surface area contributed by atoms with Crippen molar-refractivity contribution in [2.24, 2.45) is 4.99 Å². The molecule has 10 heteroatoms. The maximum atomic E-state index is 14.2. The summed E-state index contributed by atoms with van der Waals surface area (Å²) in [6, 6.07) is 29.5.